The predicted octanol–water partition coefficient (Wildman–Crippen LogP) is 1.08. The first-order valence-corrected chi connectivity index (χ1v) is 8.40. The van der Waals surface area contributed by atoms with Gasteiger partial charge in [0, 0.05) is 29.2 Å². The van der Waals surface area contributed by atoms with Crippen molar-refractivity contribution in [3.05, 3.63) is 28.2 Å². The molecular formula is C12H17BrClN3O3S. The maximum absolute atomic E-state index is 12.6. The number of benzene rings is 1. The van der Waals surface area contributed by atoms with Crippen LogP contribution in [0.15, 0.2) is 27.6 Å². The number of primary amides is 1. The number of nitrogens with zero attached hydrogens (tertiary/aromatic N) is 1. The summed E-state index contributed by atoms with van der Waals surface area (Å²) in [7, 11) is -3.66. The number of halogens is 2. The van der Waals surface area contributed by atoms with Gasteiger partial charge in [-0.2, -0.15) is 4.31 Å². The summed E-state index contributed by atoms with van der Waals surface area (Å²) in [4.78, 5) is 11.3. The SMILES string of the molecule is Cl.NC(=O)c1cc(Br)cc(S(=O)(=O)N2CCCC(N)C2)c1. The topological polar surface area (TPSA) is 106 Å². The van der Waals surface area contributed by atoms with Crippen molar-refractivity contribution < 1.29 is 13.2 Å². The Kier molecular flexibility index (Phi) is 6.18. The molecular weight excluding hydrogens is 382 g/mol. The molecule has 1 unspecified atom stereocenters. The zero-order valence-corrected chi connectivity index (χ0v) is 14.4. The van der Waals surface area contributed by atoms with Crippen LogP contribution in [0.5, 0.6) is 0 Å². The van der Waals surface area contributed by atoms with Crippen LogP contribution < -0.4 is 11.5 Å². The molecule has 4 N–H and O–H groups in total. The van der Waals surface area contributed by atoms with Crippen molar-refractivity contribution in [2.24, 2.45) is 11.5 Å². The Bertz CT molecular complexity index is 639. The maximum Gasteiger partial charge on any atom is 0.248 e. The first kappa shape index (κ1) is 18.4. The number of amides is 1. The molecule has 0 spiro atoms. The Balaban J connectivity index is 0.00000220. The van der Waals surface area contributed by atoms with E-state index in [0.29, 0.717) is 17.6 Å². The van der Waals surface area contributed by atoms with Gasteiger partial charge in [-0.25, -0.2) is 8.42 Å². The number of nitrogens with two attached hydrogens (primary N) is 2. The van der Waals surface area contributed by atoms with Gasteiger partial charge in [0.25, 0.3) is 0 Å². The van der Waals surface area contributed by atoms with Gasteiger partial charge in [-0.1, -0.05) is 15.9 Å². The molecule has 1 saturated heterocycles. The summed E-state index contributed by atoms with van der Waals surface area (Å²) in [6, 6.07) is 4.09. The normalized spacial score (nSPS) is 19.8. The van der Waals surface area contributed by atoms with Crippen LogP contribution in [0, 0.1) is 0 Å². The van der Waals surface area contributed by atoms with E-state index in [0.717, 1.165) is 12.8 Å². The van der Waals surface area contributed by atoms with Gasteiger partial charge in [0.05, 0.1) is 4.90 Å². The summed E-state index contributed by atoms with van der Waals surface area (Å²) in [5.74, 6) is -0.668. The highest BCUT2D eigenvalue weighted by molar-refractivity contribution is 9.10. The summed E-state index contributed by atoms with van der Waals surface area (Å²) >= 11 is 3.19. The summed E-state index contributed by atoms with van der Waals surface area (Å²) < 4.78 is 27.0. The average molecular weight is 399 g/mol. The fraction of sp³-hybridized carbons (Fsp3) is 0.417. The van der Waals surface area contributed by atoms with E-state index in [9.17, 15) is 13.2 Å². The number of carbonyl (C=O) groups is 1. The largest absolute Gasteiger partial charge is 0.366 e. The van der Waals surface area contributed by atoms with Gasteiger partial charge in [-0.05, 0) is 31.0 Å². The molecule has 6 nitrogen and oxygen atoms in total. The zero-order valence-electron chi connectivity index (χ0n) is 11.2. The van der Waals surface area contributed by atoms with Gasteiger partial charge in [0.15, 0.2) is 0 Å². The zero-order chi connectivity index (χ0) is 14.9. The molecule has 1 fully saturated rings. The van der Waals surface area contributed by atoms with E-state index in [4.69, 9.17) is 11.5 Å². The van der Waals surface area contributed by atoms with Gasteiger partial charge >= 0.3 is 0 Å². The van der Waals surface area contributed by atoms with Gasteiger partial charge in [0.1, 0.15) is 0 Å². The van der Waals surface area contributed by atoms with Crippen molar-refractivity contribution in [2.45, 2.75) is 23.8 Å². The lowest BCUT2D eigenvalue weighted by Crippen LogP contribution is -2.45. The lowest BCUT2D eigenvalue weighted by atomic mass is 10.1. The fourth-order valence-corrected chi connectivity index (χ4v) is 4.45. The van der Waals surface area contributed by atoms with Crippen molar-refractivity contribution in [3.63, 3.8) is 0 Å². The molecule has 9 heteroatoms. The van der Waals surface area contributed by atoms with Crippen LogP contribution in [0.2, 0.25) is 0 Å². The first-order valence-electron chi connectivity index (χ1n) is 6.17. The predicted molar refractivity (Wildman–Crippen MR) is 85.9 cm³/mol. The first-order chi connectivity index (χ1) is 9.30. The van der Waals surface area contributed by atoms with Crippen LogP contribution in [0.3, 0.4) is 0 Å². The number of hydrogen-bond acceptors (Lipinski definition) is 4. The number of sulfonamides is 1. The second kappa shape index (κ2) is 7.06. The van der Waals surface area contributed by atoms with Crippen LogP contribution in [-0.2, 0) is 10.0 Å². The summed E-state index contributed by atoms with van der Waals surface area (Å²) in [6.07, 6.45) is 1.55. The smallest absolute Gasteiger partial charge is 0.248 e. The summed E-state index contributed by atoms with van der Waals surface area (Å²) in [6.45, 7) is 0.731. The van der Waals surface area contributed by atoms with Crippen molar-refractivity contribution in [3.8, 4) is 0 Å². The second-order valence-corrected chi connectivity index (χ2v) is 7.66. The third kappa shape index (κ3) is 4.17. The molecule has 0 bridgehead atoms. The highest BCUT2D eigenvalue weighted by atomic mass is 79.9. The van der Waals surface area contributed by atoms with Crippen LogP contribution >= 0.6 is 28.3 Å². The van der Waals surface area contributed by atoms with Crippen LogP contribution in [0.4, 0.5) is 0 Å². The quantitative estimate of drug-likeness (QED) is 0.794. The van der Waals surface area contributed by atoms with Crippen molar-refractivity contribution in [1.82, 2.24) is 4.31 Å². The molecule has 0 aromatic heterocycles. The number of rotatable bonds is 3. The number of carbonyl (C=O) groups excluding carboxylic acids is 1. The molecule has 1 aliphatic rings. The van der Waals surface area contributed by atoms with E-state index in [1.807, 2.05) is 0 Å². The Morgan fingerprint density at radius 3 is 2.57 bits per heavy atom. The molecule has 1 atom stereocenters. The molecule has 1 aromatic carbocycles. The van der Waals surface area contributed by atoms with E-state index < -0.39 is 15.9 Å². The number of piperidine rings is 1. The minimum Gasteiger partial charge on any atom is -0.366 e. The number of hydrogen-bond donors (Lipinski definition) is 2. The Morgan fingerprint density at radius 1 is 1.33 bits per heavy atom. The van der Waals surface area contributed by atoms with E-state index in [1.165, 1.54) is 22.5 Å². The molecule has 118 valence electrons. The minimum absolute atomic E-state index is 0. The third-order valence-corrected chi connectivity index (χ3v) is 5.51. The highest BCUT2D eigenvalue weighted by Gasteiger charge is 2.29. The lowest BCUT2D eigenvalue weighted by molar-refractivity contribution is 0.1000. The molecule has 1 amide bonds. The van der Waals surface area contributed by atoms with E-state index in [-0.39, 0.29) is 28.9 Å². The average Bonchev–Trinajstić information content (AvgIpc) is 2.38. The van der Waals surface area contributed by atoms with Crippen LogP contribution in [0.1, 0.15) is 23.2 Å². The van der Waals surface area contributed by atoms with Gasteiger partial charge in [-0.15, -0.1) is 12.4 Å². The highest BCUT2D eigenvalue weighted by Crippen LogP contribution is 2.24. The lowest BCUT2D eigenvalue weighted by Gasteiger charge is -2.30. The van der Waals surface area contributed by atoms with Crippen molar-refractivity contribution in [2.75, 3.05) is 13.1 Å². The Morgan fingerprint density at radius 2 is 2.00 bits per heavy atom. The Labute approximate surface area is 138 Å². The fourth-order valence-electron chi connectivity index (χ4n) is 2.20. The van der Waals surface area contributed by atoms with Gasteiger partial charge < -0.3 is 11.5 Å². The molecule has 0 saturated carbocycles. The van der Waals surface area contributed by atoms with Crippen LogP contribution in [-0.4, -0.2) is 37.8 Å². The summed E-state index contributed by atoms with van der Waals surface area (Å²) in [5, 5.41) is 0. The second-order valence-electron chi connectivity index (χ2n) is 4.81. The molecule has 1 aromatic rings. The summed E-state index contributed by atoms with van der Waals surface area (Å²) in [5.41, 5.74) is 11.2. The standard InChI is InChI=1S/C12H16BrN3O3S.ClH/c13-9-4-8(12(15)17)5-11(6-9)20(18,19)16-3-1-2-10(14)7-16;/h4-6,10H,1-3,7,14H2,(H2,15,17);1H. The minimum atomic E-state index is -3.66. The van der Waals surface area contributed by atoms with Crippen molar-refractivity contribution >= 4 is 44.3 Å². The van der Waals surface area contributed by atoms with E-state index in [1.54, 1.807) is 0 Å². The monoisotopic (exact) mass is 397 g/mol. The van der Waals surface area contributed by atoms with E-state index in [2.05, 4.69) is 15.9 Å². The molecule has 2 rings (SSSR count). The molecule has 0 radical (unpaired) electrons. The van der Waals surface area contributed by atoms with Gasteiger partial charge in [-0.3, -0.25) is 4.79 Å². The molecule has 1 aliphatic heterocycles. The van der Waals surface area contributed by atoms with Gasteiger partial charge in [0.2, 0.25) is 15.9 Å². The molecule has 0 aliphatic carbocycles. The molecule has 21 heavy (non-hydrogen) atoms. The van der Waals surface area contributed by atoms with E-state index >= 15 is 0 Å². The van der Waals surface area contributed by atoms with Crippen molar-refractivity contribution in [1.29, 1.82) is 0 Å². The Hall–Kier alpha value is -0.670. The maximum atomic E-state index is 12.6. The third-order valence-electron chi connectivity index (χ3n) is 3.21. The molecule has 1 heterocycles. The van der Waals surface area contributed by atoms with Crippen LogP contribution in [0.25, 0.3) is 0 Å².